The predicted molar refractivity (Wildman–Crippen MR) is 82.5 cm³/mol. The number of anilines is 1. The van der Waals surface area contributed by atoms with Crippen LogP contribution in [0.5, 0.6) is 0 Å². The van der Waals surface area contributed by atoms with Gasteiger partial charge in [-0.2, -0.15) is 11.8 Å². The second kappa shape index (κ2) is 6.48. The molecule has 0 aromatic heterocycles. The molecule has 1 heterocycles. The van der Waals surface area contributed by atoms with Gasteiger partial charge in [0, 0.05) is 30.6 Å². The van der Waals surface area contributed by atoms with Crippen molar-refractivity contribution < 1.29 is 0 Å². The van der Waals surface area contributed by atoms with Gasteiger partial charge in [0.05, 0.1) is 0 Å². The van der Waals surface area contributed by atoms with E-state index in [1.807, 2.05) is 0 Å². The van der Waals surface area contributed by atoms with Gasteiger partial charge in [0.15, 0.2) is 0 Å². The minimum atomic E-state index is 0.275. The highest BCUT2D eigenvalue weighted by atomic mass is 32.2. The van der Waals surface area contributed by atoms with Gasteiger partial charge in [0.2, 0.25) is 0 Å². The molecule has 1 saturated heterocycles. The van der Waals surface area contributed by atoms with Crippen LogP contribution in [-0.2, 0) is 6.42 Å². The Hall–Kier alpha value is -0.670. The number of nitrogens with two attached hydrogens (primary N) is 1. The second-order valence-electron chi connectivity index (χ2n) is 5.13. The second-order valence-corrected chi connectivity index (χ2v) is 6.28. The van der Waals surface area contributed by atoms with Crippen molar-refractivity contribution in [1.82, 2.24) is 0 Å². The normalized spacial score (nSPS) is 20.9. The molecule has 0 spiro atoms. The third-order valence-corrected chi connectivity index (χ3v) is 4.98. The molecule has 2 rings (SSSR count). The van der Waals surface area contributed by atoms with Crippen LogP contribution in [0, 0.1) is 0 Å². The summed E-state index contributed by atoms with van der Waals surface area (Å²) < 4.78 is 0. The summed E-state index contributed by atoms with van der Waals surface area (Å²) in [6, 6.07) is 9.68. The van der Waals surface area contributed by atoms with Crippen LogP contribution in [0.25, 0.3) is 0 Å². The van der Waals surface area contributed by atoms with Crippen molar-refractivity contribution in [2.45, 2.75) is 38.3 Å². The van der Waals surface area contributed by atoms with Crippen LogP contribution in [0.1, 0.15) is 25.3 Å². The Morgan fingerprint density at radius 1 is 1.44 bits per heavy atom. The maximum atomic E-state index is 6.10. The van der Waals surface area contributed by atoms with E-state index in [2.05, 4.69) is 54.9 Å². The van der Waals surface area contributed by atoms with Crippen molar-refractivity contribution in [3.05, 3.63) is 29.8 Å². The summed E-state index contributed by atoms with van der Waals surface area (Å²) >= 11 is 2.06. The number of nitrogens with zero attached hydrogens (tertiary/aromatic N) is 1. The van der Waals surface area contributed by atoms with Crippen LogP contribution in [0.15, 0.2) is 24.3 Å². The minimum absolute atomic E-state index is 0.275. The van der Waals surface area contributed by atoms with Crippen molar-refractivity contribution in [2.24, 2.45) is 5.73 Å². The average molecular weight is 264 g/mol. The van der Waals surface area contributed by atoms with Crippen molar-refractivity contribution in [3.8, 4) is 0 Å². The zero-order valence-electron chi connectivity index (χ0n) is 11.4. The van der Waals surface area contributed by atoms with Crippen molar-refractivity contribution in [1.29, 1.82) is 0 Å². The van der Waals surface area contributed by atoms with Crippen LogP contribution in [0.4, 0.5) is 5.69 Å². The Balaban J connectivity index is 2.15. The van der Waals surface area contributed by atoms with Crippen molar-refractivity contribution >= 4 is 17.4 Å². The summed E-state index contributed by atoms with van der Waals surface area (Å²) in [5, 5.41) is 0. The molecule has 0 aliphatic carbocycles. The van der Waals surface area contributed by atoms with Gasteiger partial charge in [-0.1, -0.05) is 25.1 Å². The Morgan fingerprint density at radius 2 is 2.22 bits per heavy atom. The summed E-state index contributed by atoms with van der Waals surface area (Å²) in [6.07, 6.45) is 3.32. The van der Waals surface area contributed by atoms with Crippen LogP contribution in [0.2, 0.25) is 0 Å². The monoisotopic (exact) mass is 264 g/mol. The lowest BCUT2D eigenvalue weighted by Gasteiger charge is -2.29. The largest absolute Gasteiger partial charge is 0.371 e. The molecule has 18 heavy (non-hydrogen) atoms. The first-order valence-corrected chi connectivity index (χ1v) is 8.02. The number of thioether (sulfide) groups is 1. The molecule has 3 heteroatoms. The highest BCUT2D eigenvalue weighted by molar-refractivity contribution is 7.99. The summed E-state index contributed by atoms with van der Waals surface area (Å²) in [4.78, 5) is 2.46. The summed E-state index contributed by atoms with van der Waals surface area (Å²) in [5.41, 5.74) is 8.87. The first-order chi connectivity index (χ1) is 8.72. The quantitative estimate of drug-likeness (QED) is 0.886. The zero-order valence-corrected chi connectivity index (χ0v) is 12.2. The Bertz CT molecular complexity index is 375. The summed E-state index contributed by atoms with van der Waals surface area (Å²) in [7, 11) is 2.23. The van der Waals surface area contributed by atoms with Gasteiger partial charge in [0.25, 0.3) is 0 Å². The molecule has 0 saturated carbocycles. The zero-order chi connectivity index (χ0) is 13.0. The number of hydrogen-bond donors (Lipinski definition) is 1. The van der Waals surface area contributed by atoms with E-state index in [4.69, 9.17) is 5.73 Å². The molecular formula is C15H24N2S. The van der Waals surface area contributed by atoms with Crippen LogP contribution in [-0.4, -0.2) is 30.6 Å². The van der Waals surface area contributed by atoms with Gasteiger partial charge < -0.3 is 10.6 Å². The maximum absolute atomic E-state index is 6.10. The van der Waals surface area contributed by atoms with Crippen molar-refractivity contribution in [3.63, 3.8) is 0 Å². The minimum Gasteiger partial charge on any atom is -0.371 e. The van der Waals surface area contributed by atoms with E-state index in [1.165, 1.54) is 29.2 Å². The van der Waals surface area contributed by atoms with Gasteiger partial charge in [-0.05, 0) is 36.6 Å². The Morgan fingerprint density at radius 3 is 2.89 bits per heavy atom. The van der Waals surface area contributed by atoms with E-state index in [-0.39, 0.29) is 6.04 Å². The first-order valence-electron chi connectivity index (χ1n) is 6.86. The Labute approximate surface area is 115 Å². The molecule has 0 amide bonds. The van der Waals surface area contributed by atoms with Gasteiger partial charge in [-0.25, -0.2) is 0 Å². The highest BCUT2D eigenvalue weighted by Crippen LogP contribution is 2.28. The van der Waals surface area contributed by atoms with E-state index < -0.39 is 0 Å². The number of rotatable bonds is 5. The number of hydrogen-bond acceptors (Lipinski definition) is 3. The molecule has 2 unspecified atom stereocenters. The number of para-hydroxylation sites is 1. The van der Waals surface area contributed by atoms with Crippen LogP contribution >= 0.6 is 11.8 Å². The SMILES string of the molecule is CCC(N)Cc1ccccc1N(C)C1CCSC1. The topological polar surface area (TPSA) is 29.3 Å². The summed E-state index contributed by atoms with van der Waals surface area (Å²) in [5.74, 6) is 2.55. The van der Waals surface area contributed by atoms with Crippen LogP contribution < -0.4 is 10.6 Å². The molecule has 2 nitrogen and oxygen atoms in total. The van der Waals surface area contributed by atoms with Crippen LogP contribution in [0.3, 0.4) is 0 Å². The molecule has 0 bridgehead atoms. The molecule has 2 N–H and O–H groups in total. The lowest BCUT2D eigenvalue weighted by molar-refractivity contribution is 0.639. The lowest BCUT2D eigenvalue weighted by atomic mass is 10.0. The van der Waals surface area contributed by atoms with E-state index in [9.17, 15) is 0 Å². The first kappa shape index (κ1) is 13.8. The van der Waals surface area contributed by atoms with Gasteiger partial charge >= 0.3 is 0 Å². The molecule has 1 fully saturated rings. The van der Waals surface area contributed by atoms with E-state index in [1.54, 1.807) is 0 Å². The molecule has 1 aliphatic heterocycles. The number of benzene rings is 1. The highest BCUT2D eigenvalue weighted by Gasteiger charge is 2.21. The molecular weight excluding hydrogens is 240 g/mol. The van der Waals surface area contributed by atoms with Crippen molar-refractivity contribution in [2.75, 3.05) is 23.5 Å². The molecule has 1 aromatic rings. The molecule has 1 aromatic carbocycles. The molecule has 2 atom stereocenters. The third-order valence-electron chi connectivity index (χ3n) is 3.83. The van der Waals surface area contributed by atoms with Gasteiger partial charge in [0.1, 0.15) is 0 Å². The fraction of sp³-hybridized carbons (Fsp3) is 0.600. The maximum Gasteiger partial charge on any atom is 0.0399 e. The third kappa shape index (κ3) is 3.21. The van der Waals surface area contributed by atoms with E-state index >= 15 is 0 Å². The fourth-order valence-electron chi connectivity index (χ4n) is 2.48. The lowest BCUT2D eigenvalue weighted by Crippen LogP contribution is -2.32. The predicted octanol–water partition coefficient (Wildman–Crippen LogP) is 2.91. The van der Waals surface area contributed by atoms with Gasteiger partial charge in [-0.3, -0.25) is 0 Å². The Kier molecular flexibility index (Phi) is 4.95. The molecule has 1 aliphatic rings. The fourth-order valence-corrected chi connectivity index (χ4v) is 3.75. The van der Waals surface area contributed by atoms with E-state index in [0.29, 0.717) is 6.04 Å². The molecule has 0 radical (unpaired) electrons. The smallest absolute Gasteiger partial charge is 0.0399 e. The average Bonchev–Trinajstić information content (AvgIpc) is 2.92. The standard InChI is InChI=1S/C15H24N2S/c1-3-13(16)10-12-6-4-5-7-15(12)17(2)14-8-9-18-11-14/h4-7,13-14H,3,8-11,16H2,1-2H3. The summed E-state index contributed by atoms with van der Waals surface area (Å²) in [6.45, 7) is 2.16. The van der Waals surface area contributed by atoms with Gasteiger partial charge in [-0.15, -0.1) is 0 Å². The van der Waals surface area contributed by atoms with E-state index in [0.717, 1.165) is 12.8 Å². The molecule has 100 valence electrons.